The van der Waals surface area contributed by atoms with Crippen molar-refractivity contribution in [2.45, 2.75) is 0 Å². The second-order valence-corrected chi connectivity index (χ2v) is 4.54. The summed E-state index contributed by atoms with van der Waals surface area (Å²) in [7, 11) is -19.8. The summed E-state index contributed by atoms with van der Waals surface area (Å²) in [6.45, 7) is 0. The zero-order chi connectivity index (χ0) is 18.0. The monoisotopic (exact) mass is 574 g/mol. The Hall–Kier alpha value is 3.35. The van der Waals surface area contributed by atoms with Crippen LogP contribution in [0.3, 0.4) is 0 Å². The van der Waals surface area contributed by atoms with Gasteiger partial charge in [-0.25, -0.2) is 74.5 Å². The van der Waals surface area contributed by atoms with Gasteiger partial charge in [0.15, 0.2) is 0 Å². The molecule has 0 aromatic carbocycles. The smallest absolute Gasteiger partial charge is 0.222 e. The average molecular weight is 575 g/mol. The predicted octanol–water partition coefficient (Wildman–Crippen LogP) is -19.8. The van der Waals surface area contributed by atoms with Gasteiger partial charge in [-0.15, -0.1) is 41.0 Å². The van der Waals surface area contributed by atoms with E-state index in [-0.39, 0.29) is 86.6 Å². The normalized spacial score (nSPS) is 10.9. The minimum Gasteiger partial charge on any atom is -0.222 e. The van der Waals surface area contributed by atoms with Gasteiger partial charge >= 0.3 is 86.6 Å². The van der Waals surface area contributed by atoms with Crippen LogP contribution in [0.2, 0.25) is 0 Å². The second kappa shape index (κ2) is 17.7. The largest absolute Gasteiger partial charge is 2.00 e. The molecule has 0 heterocycles. The number of hydrogen-bond donors (Lipinski definition) is 0. The minimum absolute atomic E-state index is 0. The Bertz CT molecular complexity index is 136. The van der Waals surface area contributed by atoms with E-state index in [1.54, 1.807) is 0 Å². The Morgan fingerprint density at radius 1 is 0.273 bits per heavy atom. The molecule has 0 aliphatic heterocycles. The first-order chi connectivity index (χ1) is 8.00. The summed E-state index contributed by atoms with van der Waals surface area (Å²) in [5, 5.41) is 0. The van der Waals surface area contributed by atoms with E-state index in [9.17, 15) is 0 Å². The zero-order valence-electron chi connectivity index (χ0n) is 9.46. The quantitative estimate of drug-likeness (QED) is 0.242. The van der Waals surface area contributed by atoms with E-state index >= 15 is 0 Å². The van der Waals surface area contributed by atoms with Crippen LogP contribution in [0, 0.1) is 41.0 Å². The molecule has 0 aliphatic rings. The second-order valence-electron chi connectivity index (χ2n) is 1.51. The van der Waals surface area contributed by atoms with Crippen LogP contribution in [0.1, 0.15) is 0 Å². The molecule has 0 rings (SSSR count). The molecule has 0 N–H and O–H groups in total. The number of hydrogen-bond acceptors (Lipinski definition) is 16. The van der Waals surface area contributed by atoms with Gasteiger partial charge in [0.25, 0.3) is 0 Å². The Morgan fingerprint density at radius 2 is 0.273 bits per heavy atom. The molecule has 0 unspecified atom stereocenters. The van der Waals surface area contributed by atoms with Crippen molar-refractivity contribution in [3.05, 3.63) is 0 Å². The molecule has 16 nitrogen and oxygen atoms in total. The standard InChI is InChI=1S/Ba.Ca.4ClHO4/c;;4*2-1(3,4)5/h;;4*(H,2,3,4,5)/q2*+2;;;;/p-4. The minimum atomic E-state index is -4.94. The maximum atomic E-state index is 8.49. The van der Waals surface area contributed by atoms with Crippen molar-refractivity contribution in [3.63, 3.8) is 0 Å². The van der Waals surface area contributed by atoms with Crippen LogP contribution in [0.4, 0.5) is 0 Å². The van der Waals surface area contributed by atoms with E-state index in [2.05, 4.69) is 0 Å². The molecule has 22 heavy (non-hydrogen) atoms. The van der Waals surface area contributed by atoms with Crippen LogP contribution >= 0.6 is 0 Å². The van der Waals surface area contributed by atoms with Gasteiger partial charge in [-0.1, -0.05) is 0 Å². The van der Waals surface area contributed by atoms with Gasteiger partial charge in [0.2, 0.25) is 0 Å². The summed E-state index contributed by atoms with van der Waals surface area (Å²) < 4.78 is 136. The summed E-state index contributed by atoms with van der Waals surface area (Å²) >= 11 is 0. The van der Waals surface area contributed by atoms with Gasteiger partial charge in [-0.05, 0) is 0 Å². The summed E-state index contributed by atoms with van der Waals surface area (Å²) in [5.74, 6) is 0. The van der Waals surface area contributed by atoms with Crippen LogP contribution in [0.5, 0.6) is 0 Å². The number of halogens is 4. The topological polar surface area (TPSA) is 369 Å². The molecule has 0 aromatic heterocycles. The Kier molecular flexibility index (Phi) is 32.4. The summed E-state index contributed by atoms with van der Waals surface area (Å²) in [4.78, 5) is 0. The van der Waals surface area contributed by atoms with Gasteiger partial charge in [-0.3, -0.25) is 0 Å². The van der Waals surface area contributed by atoms with Gasteiger partial charge in [-0.2, -0.15) is 0 Å². The first kappa shape index (κ1) is 40.1. The average Bonchev–Trinajstić information content (AvgIpc) is 1.62. The molecule has 0 saturated heterocycles. The molecular weight excluding hydrogens is 575 g/mol. The SMILES string of the molecule is [Ba+2].[Ca+2].[O-][Cl+3]([O-])([O-])[O-].[O-][Cl+3]([O-])([O-])[O-].[O-][Cl+3]([O-])([O-])[O-].[O-][Cl+3]([O-])([O-])[O-]. The molecule has 0 bridgehead atoms. The van der Waals surface area contributed by atoms with Gasteiger partial charge in [0.05, 0.1) is 0 Å². The van der Waals surface area contributed by atoms with Crippen LogP contribution in [0.15, 0.2) is 0 Å². The van der Waals surface area contributed by atoms with E-state index < -0.39 is 41.0 Å². The Labute approximate surface area is 199 Å². The third kappa shape index (κ3) is 1040. The Balaban J connectivity index is -0.0000000376. The zero-order valence-corrected chi connectivity index (χ0v) is 19.1. The molecular formula is BaCaCl4O16. The van der Waals surface area contributed by atoms with Crippen LogP contribution in [-0.4, -0.2) is 86.6 Å². The first-order valence-corrected chi connectivity index (χ1v) is 7.41. The van der Waals surface area contributed by atoms with Crippen molar-refractivity contribution in [1.82, 2.24) is 0 Å². The molecule has 0 fully saturated rings. The molecule has 22 heteroatoms. The molecule has 0 aliphatic carbocycles. The summed E-state index contributed by atoms with van der Waals surface area (Å²) in [5.41, 5.74) is 0. The summed E-state index contributed by atoms with van der Waals surface area (Å²) in [6.07, 6.45) is 0. The van der Waals surface area contributed by atoms with Gasteiger partial charge in [0, 0.05) is 0 Å². The summed E-state index contributed by atoms with van der Waals surface area (Å²) in [6, 6.07) is 0. The maximum absolute atomic E-state index is 8.49. The predicted molar refractivity (Wildman–Crippen MR) is 11.5 cm³/mol. The van der Waals surface area contributed by atoms with E-state index in [4.69, 9.17) is 74.5 Å². The third-order valence-corrected chi connectivity index (χ3v) is 0. The van der Waals surface area contributed by atoms with Gasteiger partial charge < -0.3 is 0 Å². The van der Waals surface area contributed by atoms with Crippen molar-refractivity contribution in [2.75, 3.05) is 0 Å². The van der Waals surface area contributed by atoms with E-state index in [1.807, 2.05) is 0 Å². The molecule has 0 radical (unpaired) electrons. The fraction of sp³-hybridized carbons (Fsp3) is 0. The van der Waals surface area contributed by atoms with E-state index in [0.29, 0.717) is 0 Å². The van der Waals surface area contributed by atoms with Crippen LogP contribution < -0.4 is 74.5 Å². The van der Waals surface area contributed by atoms with Crippen molar-refractivity contribution in [3.8, 4) is 0 Å². The van der Waals surface area contributed by atoms with Crippen molar-refractivity contribution in [2.24, 2.45) is 0 Å². The molecule has 128 valence electrons. The Morgan fingerprint density at radius 3 is 0.273 bits per heavy atom. The fourth-order valence-corrected chi connectivity index (χ4v) is 0. The molecule has 0 spiro atoms. The van der Waals surface area contributed by atoms with Crippen molar-refractivity contribution < 1.29 is 116 Å². The number of rotatable bonds is 0. The molecule has 0 amide bonds. The van der Waals surface area contributed by atoms with E-state index in [1.165, 1.54) is 0 Å². The fourth-order valence-electron chi connectivity index (χ4n) is 0. The first-order valence-electron chi connectivity index (χ1n) is 2.47. The van der Waals surface area contributed by atoms with Crippen LogP contribution in [0.25, 0.3) is 0 Å². The van der Waals surface area contributed by atoms with Crippen molar-refractivity contribution >= 4 is 86.6 Å². The van der Waals surface area contributed by atoms with Crippen LogP contribution in [-0.2, 0) is 0 Å². The molecule has 0 aromatic rings. The third-order valence-electron chi connectivity index (χ3n) is 0. The van der Waals surface area contributed by atoms with E-state index in [0.717, 1.165) is 0 Å². The molecule has 0 atom stereocenters. The maximum Gasteiger partial charge on any atom is 2.00 e. The molecule has 0 saturated carbocycles. The van der Waals surface area contributed by atoms with Crippen molar-refractivity contribution in [1.29, 1.82) is 0 Å². The van der Waals surface area contributed by atoms with Gasteiger partial charge in [0.1, 0.15) is 0 Å².